The molecule has 0 aliphatic carbocycles. The van der Waals surface area contributed by atoms with Gasteiger partial charge in [0.05, 0.1) is 16.3 Å². The second-order valence-corrected chi connectivity index (χ2v) is 15.0. The molecule has 2 aromatic carbocycles. The summed E-state index contributed by atoms with van der Waals surface area (Å²) in [5, 5.41) is 8.33. The maximum atomic E-state index is 14.4. The van der Waals surface area contributed by atoms with Gasteiger partial charge in [-0.05, 0) is 49.4 Å². The van der Waals surface area contributed by atoms with Crippen LogP contribution in [0.15, 0.2) is 59.6 Å². The fraction of sp³-hybridized carbons (Fsp3) is 0.412. The molecule has 0 amide bonds. The Bertz CT molecular complexity index is 1820. The van der Waals surface area contributed by atoms with Crippen molar-refractivity contribution in [3.05, 3.63) is 82.7 Å². The van der Waals surface area contributed by atoms with Gasteiger partial charge in [-0.25, -0.2) is 18.1 Å². The van der Waals surface area contributed by atoms with Crippen LogP contribution < -0.4 is 14.8 Å². The van der Waals surface area contributed by atoms with Crippen LogP contribution in [-0.4, -0.2) is 46.6 Å². The van der Waals surface area contributed by atoms with E-state index in [-0.39, 0.29) is 52.1 Å². The van der Waals surface area contributed by atoms with Gasteiger partial charge >= 0.3 is 0 Å². The second kappa shape index (κ2) is 12.4. The number of nitrogens with zero attached hydrogens (tertiary/aromatic N) is 4. The Morgan fingerprint density at radius 1 is 1.04 bits per heavy atom. The Morgan fingerprint density at radius 2 is 1.73 bits per heavy atom. The highest BCUT2D eigenvalue weighted by Gasteiger charge is 2.34. The standard InChI is InChI=1S/C34H42N6O4S/c1-20(2)15-24-19-44-28-17-27(29-21(3)11-9-12-22(29)4)36-33(37-28)39-45(42,43)25-14-10-13-23(16-25)31(41)30(35-24)26-18-40(8)38-32(26)34(5,6)7/h9-14,16-18,20,24,30,35H,15,19H2,1-8H3,(H,36,37,39)/t24-,30?/m1/s1. The van der Waals surface area contributed by atoms with E-state index in [2.05, 4.69) is 54.6 Å². The molecule has 5 rings (SSSR count). The van der Waals surface area contributed by atoms with Crippen molar-refractivity contribution in [2.45, 2.75) is 77.3 Å². The van der Waals surface area contributed by atoms with Crippen LogP contribution in [0.5, 0.6) is 5.88 Å². The minimum absolute atomic E-state index is 0.0753. The highest BCUT2D eigenvalue weighted by Crippen LogP contribution is 2.33. The van der Waals surface area contributed by atoms with Gasteiger partial charge in [-0.15, -0.1) is 0 Å². The molecule has 11 heteroatoms. The molecule has 4 bridgehead atoms. The Balaban J connectivity index is 1.69. The number of hydrogen-bond acceptors (Lipinski definition) is 8. The first-order valence-corrected chi connectivity index (χ1v) is 16.7. The van der Waals surface area contributed by atoms with Gasteiger partial charge < -0.3 is 4.74 Å². The number of rotatable bonds is 4. The molecule has 0 fully saturated rings. The molecule has 3 heterocycles. The van der Waals surface area contributed by atoms with E-state index in [4.69, 9.17) is 9.84 Å². The quantitative estimate of drug-likeness (QED) is 0.285. The molecule has 4 aromatic rings. The van der Waals surface area contributed by atoms with Crippen molar-refractivity contribution in [3.8, 4) is 17.1 Å². The van der Waals surface area contributed by atoms with Gasteiger partial charge in [0.1, 0.15) is 12.6 Å². The Labute approximate surface area is 265 Å². The average molecular weight is 631 g/mol. The number of carbonyl (C=O) groups is 1. The summed E-state index contributed by atoms with van der Waals surface area (Å²) in [5.74, 6) is 0.137. The van der Waals surface area contributed by atoms with Gasteiger partial charge in [-0.1, -0.05) is 65.0 Å². The van der Waals surface area contributed by atoms with Crippen LogP contribution in [0.2, 0.25) is 0 Å². The number of ether oxygens (including phenoxy) is 1. The van der Waals surface area contributed by atoms with Crippen LogP contribution in [-0.2, 0) is 22.5 Å². The normalized spacial score (nSPS) is 18.6. The molecular formula is C34H42N6O4S. The lowest BCUT2D eigenvalue weighted by atomic mass is 9.85. The maximum absolute atomic E-state index is 14.4. The summed E-state index contributed by atoms with van der Waals surface area (Å²) in [6, 6.07) is 12.7. The van der Waals surface area contributed by atoms with Crippen molar-refractivity contribution in [2.24, 2.45) is 13.0 Å². The van der Waals surface area contributed by atoms with Crippen molar-refractivity contribution in [1.82, 2.24) is 25.1 Å². The van der Waals surface area contributed by atoms with Crippen LogP contribution in [0.1, 0.15) is 79.8 Å². The molecule has 2 atom stereocenters. The second-order valence-electron chi connectivity index (χ2n) is 13.3. The van der Waals surface area contributed by atoms with Gasteiger partial charge in [-0.3, -0.25) is 14.8 Å². The number of anilines is 1. The van der Waals surface area contributed by atoms with Crippen molar-refractivity contribution in [1.29, 1.82) is 0 Å². The van der Waals surface area contributed by atoms with Crippen molar-refractivity contribution in [3.63, 3.8) is 0 Å². The minimum Gasteiger partial charge on any atom is -0.476 e. The first-order valence-electron chi connectivity index (χ1n) is 15.2. The van der Waals surface area contributed by atoms with Crippen molar-refractivity contribution < 1.29 is 17.9 Å². The third kappa shape index (κ3) is 7.10. The highest BCUT2D eigenvalue weighted by molar-refractivity contribution is 7.92. The van der Waals surface area contributed by atoms with Gasteiger partial charge in [0.2, 0.25) is 11.8 Å². The van der Waals surface area contributed by atoms with Gasteiger partial charge in [0.15, 0.2) is 5.78 Å². The number of hydrogen-bond donors (Lipinski definition) is 2. The first-order chi connectivity index (χ1) is 21.1. The predicted octanol–water partition coefficient (Wildman–Crippen LogP) is 5.91. The Morgan fingerprint density at radius 3 is 2.40 bits per heavy atom. The van der Waals surface area contributed by atoms with Gasteiger partial charge in [0.25, 0.3) is 10.0 Å². The molecule has 0 spiro atoms. The highest BCUT2D eigenvalue weighted by atomic mass is 32.2. The van der Waals surface area contributed by atoms with E-state index in [0.717, 1.165) is 27.9 Å². The number of aromatic nitrogens is 4. The smallest absolute Gasteiger partial charge is 0.264 e. The summed E-state index contributed by atoms with van der Waals surface area (Å²) in [4.78, 5) is 23.3. The van der Waals surface area contributed by atoms with E-state index in [9.17, 15) is 13.2 Å². The zero-order chi connectivity index (χ0) is 32.7. The summed E-state index contributed by atoms with van der Waals surface area (Å²) in [7, 11) is -2.33. The number of aryl methyl sites for hydroxylation is 3. The molecule has 238 valence electrons. The number of carbonyl (C=O) groups excluding carboxylic acids is 1. The topological polar surface area (TPSA) is 128 Å². The molecule has 0 saturated carbocycles. The lowest BCUT2D eigenvalue weighted by molar-refractivity contribution is 0.0923. The predicted molar refractivity (Wildman–Crippen MR) is 175 cm³/mol. The number of benzene rings is 2. The molecule has 45 heavy (non-hydrogen) atoms. The van der Waals surface area contributed by atoms with E-state index < -0.39 is 16.1 Å². The Hall–Kier alpha value is -4.09. The van der Waals surface area contributed by atoms with E-state index >= 15 is 0 Å². The van der Waals surface area contributed by atoms with Crippen LogP contribution in [0, 0.1) is 19.8 Å². The largest absolute Gasteiger partial charge is 0.476 e. The van der Waals surface area contributed by atoms with Gasteiger partial charge in [-0.2, -0.15) is 10.1 Å². The van der Waals surface area contributed by atoms with Crippen molar-refractivity contribution in [2.75, 3.05) is 11.3 Å². The first kappa shape index (κ1) is 32.3. The maximum Gasteiger partial charge on any atom is 0.264 e. The number of Topliss-reactive ketones (excluding diaryl/α,β-unsaturated/α-hetero) is 1. The molecule has 1 aliphatic rings. The number of fused-ring (bicyclic) bond motifs is 4. The SMILES string of the molecule is Cc1cccc(C)c1-c1cc2nc(n1)NS(=O)(=O)c1cccc(c1)C(=O)C(c1cn(C)nc1C(C)(C)C)N[C@H](CC(C)C)CO2. The molecular weight excluding hydrogens is 588 g/mol. The summed E-state index contributed by atoms with van der Waals surface area (Å²) in [5.41, 5.74) is 4.83. The summed E-state index contributed by atoms with van der Waals surface area (Å²) in [6.45, 7) is 14.6. The summed E-state index contributed by atoms with van der Waals surface area (Å²) >= 11 is 0. The van der Waals surface area contributed by atoms with Gasteiger partial charge in [0, 0.05) is 47.5 Å². The lowest BCUT2D eigenvalue weighted by Crippen LogP contribution is -2.42. The van der Waals surface area contributed by atoms with Crippen molar-refractivity contribution >= 4 is 21.8 Å². The molecule has 1 aliphatic heterocycles. The third-order valence-corrected chi connectivity index (χ3v) is 9.15. The molecule has 0 saturated heterocycles. The molecule has 1 unspecified atom stereocenters. The average Bonchev–Trinajstić information content (AvgIpc) is 3.35. The van der Waals surface area contributed by atoms with E-state index in [0.29, 0.717) is 12.1 Å². The van der Waals surface area contributed by atoms with E-state index in [1.54, 1.807) is 22.9 Å². The monoisotopic (exact) mass is 630 g/mol. The number of nitrogens with one attached hydrogen (secondary N) is 2. The summed E-state index contributed by atoms with van der Waals surface area (Å²) in [6.07, 6.45) is 2.57. The summed E-state index contributed by atoms with van der Waals surface area (Å²) < 4.78 is 37.9. The van der Waals surface area contributed by atoms with E-state index in [1.807, 2.05) is 45.3 Å². The number of sulfonamides is 1. The molecule has 2 N–H and O–H groups in total. The minimum atomic E-state index is -4.17. The lowest BCUT2D eigenvalue weighted by Gasteiger charge is -2.28. The Kier molecular flexibility index (Phi) is 8.88. The molecule has 0 radical (unpaired) electrons. The number of ketones is 1. The molecule has 2 aromatic heterocycles. The van der Waals surface area contributed by atoms with Crippen LogP contribution >= 0.6 is 0 Å². The zero-order valence-corrected chi connectivity index (χ0v) is 28.0. The fourth-order valence-electron chi connectivity index (χ4n) is 5.84. The fourth-order valence-corrected chi connectivity index (χ4v) is 6.83. The zero-order valence-electron chi connectivity index (χ0n) is 27.2. The van der Waals surface area contributed by atoms with Crippen LogP contribution in [0.4, 0.5) is 5.95 Å². The van der Waals surface area contributed by atoms with Crippen LogP contribution in [0.3, 0.4) is 0 Å². The van der Waals surface area contributed by atoms with Crippen LogP contribution in [0.25, 0.3) is 11.3 Å². The molecule has 10 nitrogen and oxygen atoms in total. The third-order valence-electron chi connectivity index (χ3n) is 7.83. The van der Waals surface area contributed by atoms with E-state index in [1.165, 1.54) is 12.1 Å².